The molecule has 2 aromatic heterocycles. The molecule has 118 valence electrons. The van der Waals surface area contributed by atoms with E-state index in [4.69, 9.17) is 16.0 Å². The molecule has 5 nitrogen and oxygen atoms in total. The van der Waals surface area contributed by atoms with Crippen molar-refractivity contribution in [2.75, 3.05) is 0 Å². The molecule has 2 heterocycles. The van der Waals surface area contributed by atoms with Crippen LogP contribution in [0.5, 0.6) is 0 Å². The van der Waals surface area contributed by atoms with Crippen molar-refractivity contribution < 1.29 is 9.21 Å². The number of carbonyl (C=O) groups excluding carboxylic acids is 1. The zero-order valence-electron chi connectivity index (χ0n) is 12.6. The number of furan rings is 1. The molecule has 3 rings (SSSR count). The van der Waals surface area contributed by atoms with E-state index in [2.05, 4.69) is 10.3 Å². The van der Waals surface area contributed by atoms with Crippen molar-refractivity contribution in [3.8, 4) is 11.3 Å². The lowest BCUT2D eigenvalue weighted by Crippen LogP contribution is -2.29. The maximum Gasteiger partial charge on any atom is 0.243 e. The first-order chi connectivity index (χ1) is 11.1. The molecule has 0 aliphatic carbocycles. The van der Waals surface area contributed by atoms with Gasteiger partial charge < -0.3 is 14.3 Å². The monoisotopic (exact) mass is 329 g/mol. The summed E-state index contributed by atoms with van der Waals surface area (Å²) in [6.07, 6.45) is 5.03. The Kier molecular flexibility index (Phi) is 4.48. The average Bonchev–Trinajstić information content (AvgIpc) is 3.24. The predicted octanol–water partition coefficient (Wildman–Crippen LogP) is 3.67. The third-order valence-electron chi connectivity index (χ3n) is 3.58. The van der Waals surface area contributed by atoms with Crippen molar-refractivity contribution in [1.82, 2.24) is 14.9 Å². The van der Waals surface area contributed by atoms with Crippen molar-refractivity contribution in [2.24, 2.45) is 0 Å². The van der Waals surface area contributed by atoms with Gasteiger partial charge in [0.15, 0.2) is 0 Å². The minimum absolute atomic E-state index is 0.0903. The van der Waals surface area contributed by atoms with Crippen LogP contribution in [0.4, 0.5) is 0 Å². The van der Waals surface area contributed by atoms with Crippen LogP contribution in [-0.4, -0.2) is 15.5 Å². The molecule has 3 aromatic rings. The fourth-order valence-electron chi connectivity index (χ4n) is 2.20. The number of amides is 1. The molecule has 23 heavy (non-hydrogen) atoms. The minimum atomic E-state index is -0.316. The molecule has 0 fully saturated rings. The van der Waals surface area contributed by atoms with Crippen molar-refractivity contribution in [2.45, 2.75) is 19.5 Å². The highest BCUT2D eigenvalue weighted by Gasteiger charge is 2.14. The molecule has 0 radical (unpaired) electrons. The van der Waals surface area contributed by atoms with Crippen LogP contribution >= 0.6 is 11.6 Å². The van der Waals surface area contributed by atoms with Gasteiger partial charge in [0.2, 0.25) is 5.91 Å². The number of hydrogen-bond acceptors (Lipinski definition) is 3. The van der Waals surface area contributed by atoms with Gasteiger partial charge in [0, 0.05) is 23.0 Å². The molecular formula is C17H16ClN3O2. The molecule has 1 atom stereocenters. The van der Waals surface area contributed by atoms with Crippen molar-refractivity contribution in [3.63, 3.8) is 0 Å². The summed E-state index contributed by atoms with van der Waals surface area (Å²) in [7, 11) is 0. The number of nitrogens with one attached hydrogen (secondary N) is 1. The van der Waals surface area contributed by atoms with Gasteiger partial charge in [-0.25, -0.2) is 4.98 Å². The summed E-state index contributed by atoms with van der Waals surface area (Å²) >= 11 is 5.88. The molecule has 1 aromatic carbocycles. The summed E-state index contributed by atoms with van der Waals surface area (Å²) in [6.45, 7) is 2.16. The van der Waals surface area contributed by atoms with Crippen LogP contribution in [0.1, 0.15) is 18.7 Å². The SMILES string of the molecule is CC(C(=O)NCc1ccc(-c2ccc(Cl)cc2)o1)n1ccnc1. The second-order valence-electron chi connectivity index (χ2n) is 5.18. The highest BCUT2D eigenvalue weighted by molar-refractivity contribution is 6.30. The highest BCUT2D eigenvalue weighted by atomic mass is 35.5. The summed E-state index contributed by atoms with van der Waals surface area (Å²) in [5.41, 5.74) is 0.943. The van der Waals surface area contributed by atoms with Gasteiger partial charge in [-0.1, -0.05) is 11.6 Å². The maximum absolute atomic E-state index is 12.1. The van der Waals surface area contributed by atoms with Gasteiger partial charge in [-0.2, -0.15) is 0 Å². The van der Waals surface area contributed by atoms with Crippen LogP contribution < -0.4 is 5.32 Å². The van der Waals surface area contributed by atoms with E-state index in [0.29, 0.717) is 17.3 Å². The van der Waals surface area contributed by atoms with Crippen LogP contribution in [-0.2, 0) is 11.3 Å². The Balaban J connectivity index is 1.61. The lowest BCUT2D eigenvalue weighted by Gasteiger charge is -2.12. The van der Waals surface area contributed by atoms with E-state index in [9.17, 15) is 4.79 Å². The lowest BCUT2D eigenvalue weighted by atomic mass is 10.2. The summed E-state index contributed by atoms with van der Waals surface area (Å²) in [4.78, 5) is 16.1. The first-order valence-electron chi connectivity index (χ1n) is 7.23. The van der Waals surface area contributed by atoms with Gasteiger partial charge in [0.25, 0.3) is 0 Å². The fourth-order valence-corrected chi connectivity index (χ4v) is 2.32. The molecule has 1 unspecified atom stereocenters. The molecule has 6 heteroatoms. The number of carbonyl (C=O) groups is 1. The summed E-state index contributed by atoms with van der Waals surface area (Å²) < 4.78 is 7.50. The second kappa shape index (κ2) is 6.71. The Morgan fingerprint density at radius 2 is 2.09 bits per heavy atom. The Bertz CT molecular complexity index is 779. The van der Waals surface area contributed by atoms with E-state index in [1.54, 1.807) is 23.3 Å². The first-order valence-corrected chi connectivity index (χ1v) is 7.61. The number of rotatable bonds is 5. The van der Waals surface area contributed by atoms with Crippen LogP contribution in [0.2, 0.25) is 5.02 Å². The number of imidazole rings is 1. The largest absolute Gasteiger partial charge is 0.459 e. The Morgan fingerprint density at radius 1 is 1.30 bits per heavy atom. The molecule has 0 saturated carbocycles. The zero-order chi connectivity index (χ0) is 16.2. The van der Waals surface area contributed by atoms with Gasteiger partial charge >= 0.3 is 0 Å². The zero-order valence-corrected chi connectivity index (χ0v) is 13.3. The van der Waals surface area contributed by atoms with Gasteiger partial charge in [-0.15, -0.1) is 0 Å². The average molecular weight is 330 g/mol. The Morgan fingerprint density at radius 3 is 2.78 bits per heavy atom. The fraction of sp³-hybridized carbons (Fsp3) is 0.176. The van der Waals surface area contributed by atoms with Crippen LogP contribution in [0, 0.1) is 0 Å². The lowest BCUT2D eigenvalue weighted by molar-refractivity contribution is -0.124. The van der Waals surface area contributed by atoms with E-state index in [0.717, 1.165) is 11.3 Å². The van der Waals surface area contributed by atoms with Crippen LogP contribution in [0.15, 0.2) is 59.5 Å². The number of aromatic nitrogens is 2. The maximum atomic E-state index is 12.1. The molecule has 0 bridgehead atoms. The molecule has 0 aliphatic rings. The Labute approximate surface area is 138 Å². The normalized spacial score (nSPS) is 12.1. The van der Waals surface area contributed by atoms with E-state index in [1.807, 2.05) is 43.3 Å². The standard InChI is InChI=1S/C17H16ClN3O2/c1-12(21-9-8-19-11-21)17(22)20-10-15-6-7-16(23-15)13-2-4-14(18)5-3-13/h2-9,11-12H,10H2,1H3,(H,20,22). The van der Waals surface area contributed by atoms with Gasteiger partial charge in [-0.3, -0.25) is 4.79 Å². The molecule has 0 spiro atoms. The summed E-state index contributed by atoms with van der Waals surface area (Å²) in [5.74, 6) is 1.35. The Hall–Kier alpha value is -2.53. The summed E-state index contributed by atoms with van der Waals surface area (Å²) in [6, 6.07) is 10.8. The summed E-state index contributed by atoms with van der Waals surface area (Å²) in [5, 5.41) is 3.54. The van der Waals surface area contributed by atoms with E-state index >= 15 is 0 Å². The number of hydrogen-bond donors (Lipinski definition) is 1. The van der Waals surface area contributed by atoms with Gasteiger partial charge in [0.05, 0.1) is 12.9 Å². The molecule has 0 aliphatic heterocycles. The third kappa shape index (κ3) is 3.63. The predicted molar refractivity (Wildman–Crippen MR) is 87.9 cm³/mol. The number of nitrogens with zero attached hydrogens (tertiary/aromatic N) is 2. The van der Waals surface area contributed by atoms with Crippen LogP contribution in [0.25, 0.3) is 11.3 Å². The third-order valence-corrected chi connectivity index (χ3v) is 3.83. The van der Waals surface area contributed by atoms with E-state index in [1.165, 1.54) is 0 Å². The molecule has 1 N–H and O–H groups in total. The van der Waals surface area contributed by atoms with Gasteiger partial charge in [-0.05, 0) is 43.3 Å². The van der Waals surface area contributed by atoms with Gasteiger partial charge in [0.1, 0.15) is 17.6 Å². The van der Waals surface area contributed by atoms with E-state index in [-0.39, 0.29) is 11.9 Å². The number of halogens is 1. The van der Waals surface area contributed by atoms with Crippen molar-refractivity contribution in [1.29, 1.82) is 0 Å². The van der Waals surface area contributed by atoms with Crippen molar-refractivity contribution >= 4 is 17.5 Å². The van der Waals surface area contributed by atoms with Crippen LogP contribution in [0.3, 0.4) is 0 Å². The molecule has 1 amide bonds. The van der Waals surface area contributed by atoms with E-state index < -0.39 is 0 Å². The topological polar surface area (TPSA) is 60.1 Å². The highest BCUT2D eigenvalue weighted by Crippen LogP contribution is 2.23. The number of benzene rings is 1. The quantitative estimate of drug-likeness (QED) is 0.777. The first kappa shape index (κ1) is 15.4. The minimum Gasteiger partial charge on any atom is -0.459 e. The smallest absolute Gasteiger partial charge is 0.243 e. The molecular weight excluding hydrogens is 314 g/mol. The second-order valence-corrected chi connectivity index (χ2v) is 5.61. The van der Waals surface area contributed by atoms with Crippen molar-refractivity contribution in [3.05, 3.63) is 65.9 Å². The molecule has 0 saturated heterocycles.